The molecule has 2 aliphatic rings. The Morgan fingerprint density at radius 2 is 1.83 bits per heavy atom. The highest BCUT2D eigenvalue weighted by atomic mass is 32.2. The molecule has 1 aromatic carbocycles. The zero-order valence-corrected chi connectivity index (χ0v) is 15.8. The van der Waals surface area contributed by atoms with Crippen molar-refractivity contribution in [3.8, 4) is 5.75 Å². The lowest BCUT2D eigenvalue weighted by Gasteiger charge is -2.40. The Hall–Kier alpha value is -0.750. The molecule has 134 valence electrons. The average molecular weight is 351 g/mol. The van der Waals surface area contributed by atoms with Gasteiger partial charge in [-0.2, -0.15) is 11.8 Å². The Morgan fingerprint density at radius 3 is 2.50 bits per heavy atom. The molecule has 4 nitrogen and oxygen atoms in total. The molecule has 3 rings (SSSR count). The Bertz CT molecular complexity index is 512. The molecular weight excluding hydrogens is 320 g/mol. The number of hydrogen-bond acceptors (Lipinski definition) is 5. The maximum Gasteiger partial charge on any atom is 0.124 e. The molecule has 1 aromatic rings. The summed E-state index contributed by atoms with van der Waals surface area (Å²) in [7, 11) is 3.45. The topological polar surface area (TPSA) is 24.9 Å². The minimum absolute atomic E-state index is 0.602. The van der Waals surface area contributed by atoms with Gasteiger partial charge in [-0.05, 0) is 42.0 Å². The Labute approximate surface area is 150 Å². The van der Waals surface area contributed by atoms with Crippen molar-refractivity contribution < 1.29 is 9.47 Å². The van der Waals surface area contributed by atoms with E-state index < -0.39 is 0 Å². The average Bonchev–Trinajstić information content (AvgIpc) is 2.64. The molecule has 0 spiro atoms. The fourth-order valence-corrected chi connectivity index (χ4v) is 4.88. The number of rotatable bonds is 6. The predicted octanol–water partition coefficient (Wildman–Crippen LogP) is 2.85. The summed E-state index contributed by atoms with van der Waals surface area (Å²) in [6.45, 7) is 6.41. The third kappa shape index (κ3) is 4.66. The van der Waals surface area contributed by atoms with Crippen LogP contribution in [0.1, 0.15) is 24.0 Å². The molecule has 0 atom stereocenters. The van der Waals surface area contributed by atoms with E-state index in [1.807, 2.05) is 0 Å². The molecule has 0 radical (unpaired) electrons. The van der Waals surface area contributed by atoms with Crippen LogP contribution in [0.25, 0.3) is 0 Å². The van der Waals surface area contributed by atoms with E-state index in [9.17, 15) is 0 Å². The van der Waals surface area contributed by atoms with Crippen LogP contribution < -0.4 is 4.74 Å². The van der Waals surface area contributed by atoms with Crippen LogP contribution in [0, 0.1) is 0 Å². The second-order valence-corrected chi connectivity index (χ2v) is 7.96. The van der Waals surface area contributed by atoms with Crippen LogP contribution in [0.4, 0.5) is 0 Å². The predicted molar refractivity (Wildman–Crippen MR) is 101 cm³/mol. The van der Waals surface area contributed by atoms with Crippen LogP contribution in [0.15, 0.2) is 18.2 Å². The summed E-state index contributed by atoms with van der Waals surface area (Å²) in [6, 6.07) is 7.32. The second kappa shape index (κ2) is 9.09. The number of piperazine rings is 1. The highest BCUT2D eigenvalue weighted by molar-refractivity contribution is 7.99. The number of nitrogens with zero attached hydrogens (tertiary/aromatic N) is 2. The second-order valence-electron chi connectivity index (χ2n) is 6.73. The van der Waals surface area contributed by atoms with Gasteiger partial charge in [-0.3, -0.25) is 9.80 Å². The van der Waals surface area contributed by atoms with Gasteiger partial charge in [0.25, 0.3) is 0 Å². The normalized spacial score (nSPS) is 21.1. The van der Waals surface area contributed by atoms with Gasteiger partial charge in [-0.1, -0.05) is 6.07 Å². The van der Waals surface area contributed by atoms with Crippen LogP contribution in [0.3, 0.4) is 0 Å². The molecule has 5 heteroatoms. The van der Waals surface area contributed by atoms with Crippen molar-refractivity contribution in [1.82, 2.24) is 9.80 Å². The summed E-state index contributed by atoms with van der Waals surface area (Å²) in [5.74, 6) is 3.61. The van der Waals surface area contributed by atoms with Crippen LogP contribution in [0.5, 0.6) is 5.75 Å². The first-order valence-corrected chi connectivity index (χ1v) is 10.1. The third-order valence-corrected chi connectivity index (χ3v) is 6.21. The monoisotopic (exact) mass is 350 g/mol. The van der Waals surface area contributed by atoms with Gasteiger partial charge in [-0.15, -0.1) is 0 Å². The molecule has 2 saturated heterocycles. The molecule has 0 saturated carbocycles. The van der Waals surface area contributed by atoms with Crippen molar-refractivity contribution >= 4 is 11.8 Å². The molecule has 0 amide bonds. The molecule has 2 heterocycles. The van der Waals surface area contributed by atoms with E-state index in [1.54, 1.807) is 14.2 Å². The third-order valence-electron chi connectivity index (χ3n) is 5.16. The summed E-state index contributed by atoms with van der Waals surface area (Å²) in [5.41, 5.74) is 2.49. The SMILES string of the molecule is COCc1cc(CN2CCN(C3CCSCC3)CC2)ccc1OC. The van der Waals surface area contributed by atoms with Crippen molar-refractivity contribution in [2.24, 2.45) is 0 Å². The van der Waals surface area contributed by atoms with Crippen molar-refractivity contribution in [2.45, 2.75) is 32.0 Å². The molecule has 2 aliphatic heterocycles. The zero-order chi connectivity index (χ0) is 16.8. The van der Waals surface area contributed by atoms with Crippen LogP contribution in [-0.4, -0.2) is 67.7 Å². The van der Waals surface area contributed by atoms with Gasteiger partial charge in [-0.25, -0.2) is 0 Å². The first-order valence-electron chi connectivity index (χ1n) is 8.99. The van der Waals surface area contributed by atoms with Gasteiger partial charge in [0.05, 0.1) is 13.7 Å². The Balaban J connectivity index is 1.53. The van der Waals surface area contributed by atoms with Crippen molar-refractivity contribution in [2.75, 3.05) is 51.9 Å². The van der Waals surface area contributed by atoms with E-state index in [0.29, 0.717) is 6.61 Å². The fraction of sp³-hybridized carbons (Fsp3) is 0.684. The Kier molecular flexibility index (Phi) is 6.84. The highest BCUT2D eigenvalue weighted by Gasteiger charge is 2.25. The lowest BCUT2D eigenvalue weighted by Crippen LogP contribution is -2.50. The number of methoxy groups -OCH3 is 2. The highest BCUT2D eigenvalue weighted by Crippen LogP contribution is 2.24. The summed E-state index contributed by atoms with van der Waals surface area (Å²) in [4.78, 5) is 5.30. The van der Waals surface area contributed by atoms with Crippen molar-refractivity contribution in [1.29, 1.82) is 0 Å². The van der Waals surface area contributed by atoms with E-state index in [-0.39, 0.29) is 0 Å². The lowest BCUT2D eigenvalue weighted by atomic mass is 10.1. The van der Waals surface area contributed by atoms with E-state index in [0.717, 1.165) is 23.9 Å². The number of benzene rings is 1. The fourth-order valence-electron chi connectivity index (χ4n) is 3.79. The Morgan fingerprint density at radius 1 is 1.08 bits per heavy atom. The van der Waals surface area contributed by atoms with Crippen LogP contribution in [0.2, 0.25) is 0 Å². The minimum atomic E-state index is 0.602. The lowest BCUT2D eigenvalue weighted by molar-refractivity contribution is 0.0879. The van der Waals surface area contributed by atoms with Gasteiger partial charge >= 0.3 is 0 Å². The molecule has 0 N–H and O–H groups in total. The van der Waals surface area contributed by atoms with Crippen LogP contribution in [-0.2, 0) is 17.9 Å². The van der Waals surface area contributed by atoms with Crippen molar-refractivity contribution in [3.63, 3.8) is 0 Å². The summed E-state index contributed by atoms with van der Waals surface area (Å²) in [6.07, 6.45) is 2.76. The maximum absolute atomic E-state index is 5.42. The smallest absolute Gasteiger partial charge is 0.124 e. The van der Waals surface area contributed by atoms with Gasteiger partial charge in [0.1, 0.15) is 5.75 Å². The molecule has 24 heavy (non-hydrogen) atoms. The van der Waals surface area contributed by atoms with Gasteiger partial charge in [0.15, 0.2) is 0 Å². The van der Waals surface area contributed by atoms with Crippen molar-refractivity contribution in [3.05, 3.63) is 29.3 Å². The largest absolute Gasteiger partial charge is 0.496 e. The maximum atomic E-state index is 5.42. The standard InChI is InChI=1S/C19H30N2O2S/c1-22-15-17-13-16(3-4-19(17)23-2)14-20-7-9-21(10-8-20)18-5-11-24-12-6-18/h3-4,13,18H,5-12,14-15H2,1-2H3. The minimum Gasteiger partial charge on any atom is -0.496 e. The quantitative estimate of drug-likeness (QED) is 0.786. The molecule has 0 bridgehead atoms. The molecule has 0 aliphatic carbocycles. The summed E-state index contributed by atoms with van der Waals surface area (Å²) >= 11 is 2.12. The number of thioether (sulfide) groups is 1. The van der Waals surface area contributed by atoms with E-state index >= 15 is 0 Å². The van der Waals surface area contributed by atoms with Gasteiger partial charge < -0.3 is 9.47 Å². The van der Waals surface area contributed by atoms with E-state index in [2.05, 4.69) is 39.8 Å². The van der Waals surface area contributed by atoms with Crippen LogP contribution >= 0.6 is 11.8 Å². The van der Waals surface area contributed by atoms with Gasteiger partial charge in [0.2, 0.25) is 0 Å². The first-order chi connectivity index (χ1) is 11.8. The molecule has 2 fully saturated rings. The first kappa shape index (κ1) is 18.1. The number of ether oxygens (including phenoxy) is 2. The molecule has 0 aromatic heterocycles. The summed E-state index contributed by atoms with van der Waals surface area (Å²) < 4.78 is 10.7. The van der Waals surface area contributed by atoms with E-state index in [4.69, 9.17) is 9.47 Å². The van der Waals surface area contributed by atoms with E-state index in [1.165, 1.54) is 56.1 Å². The molecular formula is C19H30N2O2S. The van der Waals surface area contributed by atoms with Gasteiger partial charge in [0, 0.05) is 51.4 Å². The zero-order valence-electron chi connectivity index (χ0n) is 15.0. The summed E-state index contributed by atoms with van der Waals surface area (Å²) in [5, 5.41) is 0. The molecule has 0 unspecified atom stereocenters. The number of hydrogen-bond donors (Lipinski definition) is 0.